The van der Waals surface area contributed by atoms with E-state index < -0.39 is 0 Å². The van der Waals surface area contributed by atoms with Gasteiger partial charge in [-0.05, 0) is 7.05 Å². The van der Waals surface area contributed by atoms with Crippen molar-refractivity contribution in [2.75, 3.05) is 20.2 Å². The van der Waals surface area contributed by atoms with Crippen LogP contribution in [0.2, 0.25) is 0 Å². The van der Waals surface area contributed by atoms with Crippen LogP contribution in [0.4, 0.5) is 0 Å². The van der Waals surface area contributed by atoms with Gasteiger partial charge in [-0.2, -0.15) is 5.10 Å². The second-order valence-corrected chi connectivity index (χ2v) is 3.67. The Labute approximate surface area is 78.1 Å². The Kier molecular flexibility index (Phi) is 2.33. The number of hydrogen-bond acceptors (Lipinski definition) is 3. The van der Waals surface area contributed by atoms with Crippen LogP contribution in [0.5, 0.6) is 0 Å². The standard InChI is InChI=1S/C9H15N3O/c1-11(6-9-7-13-9)4-8-3-10-12(2)5-8/h3,5,9H,4,6-7H2,1-2H3. The molecule has 1 saturated heterocycles. The fourth-order valence-electron chi connectivity index (χ4n) is 1.45. The molecule has 13 heavy (non-hydrogen) atoms. The number of epoxide rings is 1. The van der Waals surface area contributed by atoms with Gasteiger partial charge in [-0.3, -0.25) is 9.58 Å². The highest BCUT2D eigenvalue weighted by atomic mass is 16.6. The minimum atomic E-state index is 0.474. The molecule has 4 heteroatoms. The number of likely N-dealkylation sites (N-methyl/N-ethyl adjacent to an activating group) is 1. The maximum absolute atomic E-state index is 5.16. The molecule has 0 aliphatic carbocycles. The first-order valence-corrected chi connectivity index (χ1v) is 4.52. The number of nitrogens with zero attached hydrogens (tertiary/aromatic N) is 3. The first-order valence-electron chi connectivity index (χ1n) is 4.52. The highest BCUT2D eigenvalue weighted by Crippen LogP contribution is 2.11. The number of aryl methyl sites for hydroxylation is 1. The average Bonchev–Trinajstić information content (AvgIpc) is 2.76. The van der Waals surface area contributed by atoms with Gasteiger partial charge in [-0.15, -0.1) is 0 Å². The maximum Gasteiger partial charge on any atom is 0.0936 e. The van der Waals surface area contributed by atoms with E-state index in [0.717, 1.165) is 19.7 Å². The maximum atomic E-state index is 5.16. The fraction of sp³-hybridized carbons (Fsp3) is 0.667. The molecule has 4 nitrogen and oxygen atoms in total. The summed E-state index contributed by atoms with van der Waals surface area (Å²) in [6, 6.07) is 0. The van der Waals surface area contributed by atoms with E-state index in [2.05, 4.69) is 17.0 Å². The van der Waals surface area contributed by atoms with Crippen LogP contribution in [-0.2, 0) is 18.3 Å². The molecular weight excluding hydrogens is 166 g/mol. The highest BCUT2D eigenvalue weighted by molar-refractivity contribution is 5.03. The lowest BCUT2D eigenvalue weighted by Gasteiger charge is -2.13. The molecule has 0 saturated carbocycles. The molecular formula is C9H15N3O. The second kappa shape index (κ2) is 3.47. The Morgan fingerprint density at radius 1 is 1.77 bits per heavy atom. The quantitative estimate of drug-likeness (QED) is 0.624. The summed E-state index contributed by atoms with van der Waals surface area (Å²) in [6.07, 6.45) is 4.43. The summed E-state index contributed by atoms with van der Waals surface area (Å²) in [5.74, 6) is 0. The molecule has 0 aromatic carbocycles. The highest BCUT2D eigenvalue weighted by Gasteiger charge is 2.23. The zero-order valence-electron chi connectivity index (χ0n) is 8.10. The van der Waals surface area contributed by atoms with E-state index in [0.29, 0.717) is 6.10 Å². The molecule has 0 bridgehead atoms. The van der Waals surface area contributed by atoms with Crippen LogP contribution in [0.15, 0.2) is 12.4 Å². The molecule has 1 aliphatic heterocycles. The van der Waals surface area contributed by atoms with E-state index in [1.165, 1.54) is 5.56 Å². The zero-order valence-corrected chi connectivity index (χ0v) is 8.10. The SMILES string of the molecule is CN(Cc1cnn(C)c1)CC1CO1. The van der Waals surface area contributed by atoms with Gasteiger partial charge in [-0.1, -0.05) is 0 Å². The van der Waals surface area contributed by atoms with Gasteiger partial charge in [0.05, 0.1) is 18.9 Å². The van der Waals surface area contributed by atoms with Gasteiger partial charge < -0.3 is 4.74 Å². The molecule has 1 fully saturated rings. The summed E-state index contributed by atoms with van der Waals surface area (Å²) in [5.41, 5.74) is 1.26. The lowest BCUT2D eigenvalue weighted by atomic mass is 10.3. The van der Waals surface area contributed by atoms with Gasteiger partial charge >= 0.3 is 0 Å². The minimum Gasteiger partial charge on any atom is -0.372 e. The molecule has 1 aliphatic rings. The normalized spacial score (nSPS) is 21.0. The van der Waals surface area contributed by atoms with Gasteiger partial charge in [0.1, 0.15) is 0 Å². The molecule has 0 amide bonds. The van der Waals surface area contributed by atoms with Crippen molar-refractivity contribution in [1.29, 1.82) is 0 Å². The summed E-state index contributed by atoms with van der Waals surface area (Å²) >= 11 is 0. The first kappa shape index (κ1) is 8.72. The van der Waals surface area contributed by atoms with E-state index in [1.54, 1.807) is 0 Å². The molecule has 0 N–H and O–H groups in total. The summed E-state index contributed by atoms with van der Waals surface area (Å²) in [7, 11) is 4.04. The van der Waals surface area contributed by atoms with Crippen LogP contribution < -0.4 is 0 Å². The topological polar surface area (TPSA) is 33.6 Å². The largest absolute Gasteiger partial charge is 0.372 e. The second-order valence-electron chi connectivity index (χ2n) is 3.67. The number of ether oxygens (including phenoxy) is 1. The summed E-state index contributed by atoms with van der Waals surface area (Å²) < 4.78 is 6.99. The smallest absolute Gasteiger partial charge is 0.0936 e. The van der Waals surface area contributed by atoms with Crippen molar-refractivity contribution >= 4 is 0 Å². The van der Waals surface area contributed by atoms with Crippen molar-refractivity contribution in [3.63, 3.8) is 0 Å². The third kappa shape index (κ3) is 2.54. The molecule has 0 spiro atoms. The molecule has 1 atom stereocenters. The van der Waals surface area contributed by atoms with Crippen molar-refractivity contribution in [1.82, 2.24) is 14.7 Å². The Morgan fingerprint density at radius 2 is 2.54 bits per heavy atom. The lowest BCUT2D eigenvalue weighted by molar-refractivity contribution is 0.278. The fourth-order valence-corrected chi connectivity index (χ4v) is 1.45. The van der Waals surface area contributed by atoms with Gasteiger partial charge in [-0.25, -0.2) is 0 Å². The zero-order chi connectivity index (χ0) is 9.26. The Hall–Kier alpha value is -0.870. The van der Waals surface area contributed by atoms with E-state index in [1.807, 2.05) is 24.1 Å². The van der Waals surface area contributed by atoms with Crippen molar-refractivity contribution in [2.24, 2.45) is 7.05 Å². The van der Waals surface area contributed by atoms with Crippen molar-refractivity contribution in [2.45, 2.75) is 12.6 Å². The molecule has 2 rings (SSSR count). The van der Waals surface area contributed by atoms with E-state index in [-0.39, 0.29) is 0 Å². The summed E-state index contributed by atoms with van der Waals surface area (Å²) in [4.78, 5) is 2.26. The predicted octanol–water partition coefficient (Wildman–Crippen LogP) is 0.251. The van der Waals surface area contributed by atoms with Gasteiger partial charge in [0.2, 0.25) is 0 Å². The molecule has 1 aromatic heterocycles. The third-order valence-electron chi connectivity index (χ3n) is 2.13. The first-order chi connectivity index (χ1) is 6.24. The predicted molar refractivity (Wildman–Crippen MR) is 49.3 cm³/mol. The minimum absolute atomic E-state index is 0.474. The summed E-state index contributed by atoms with van der Waals surface area (Å²) in [6.45, 7) is 2.90. The average molecular weight is 181 g/mol. The van der Waals surface area contributed by atoms with E-state index in [4.69, 9.17) is 4.74 Å². The van der Waals surface area contributed by atoms with Crippen molar-refractivity contribution in [3.05, 3.63) is 18.0 Å². The van der Waals surface area contributed by atoms with E-state index >= 15 is 0 Å². The van der Waals surface area contributed by atoms with Crippen LogP contribution in [0, 0.1) is 0 Å². The third-order valence-corrected chi connectivity index (χ3v) is 2.13. The van der Waals surface area contributed by atoms with Crippen LogP contribution in [-0.4, -0.2) is 41.0 Å². The lowest BCUT2D eigenvalue weighted by Crippen LogP contribution is -2.22. The van der Waals surface area contributed by atoms with E-state index in [9.17, 15) is 0 Å². The van der Waals surface area contributed by atoms with Crippen LogP contribution in [0.25, 0.3) is 0 Å². The molecule has 72 valence electrons. The van der Waals surface area contributed by atoms with Gasteiger partial charge in [0.25, 0.3) is 0 Å². The van der Waals surface area contributed by atoms with Gasteiger partial charge in [0, 0.05) is 31.9 Å². The molecule has 1 aromatic rings. The van der Waals surface area contributed by atoms with Crippen LogP contribution in [0.1, 0.15) is 5.56 Å². The molecule has 0 radical (unpaired) electrons. The van der Waals surface area contributed by atoms with Crippen molar-refractivity contribution in [3.8, 4) is 0 Å². The summed E-state index contributed by atoms with van der Waals surface area (Å²) in [5, 5.41) is 4.12. The Balaban J connectivity index is 1.82. The monoisotopic (exact) mass is 181 g/mol. The Bertz CT molecular complexity index is 280. The van der Waals surface area contributed by atoms with Crippen LogP contribution >= 0.6 is 0 Å². The Morgan fingerprint density at radius 3 is 3.08 bits per heavy atom. The number of hydrogen-bond donors (Lipinski definition) is 0. The van der Waals surface area contributed by atoms with Crippen molar-refractivity contribution < 1.29 is 4.74 Å². The number of rotatable bonds is 4. The molecule has 1 unspecified atom stereocenters. The number of aromatic nitrogens is 2. The van der Waals surface area contributed by atoms with Crippen LogP contribution in [0.3, 0.4) is 0 Å². The van der Waals surface area contributed by atoms with Gasteiger partial charge in [0.15, 0.2) is 0 Å². The molecule has 2 heterocycles.